The van der Waals surface area contributed by atoms with E-state index < -0.39 is 0 Å². The standard InChI is InChI=1S/C15H7ClN6O/c16-12-5-13(22-15(21-12)9(6-17)7-18-22)19-10-1-2-11-8(3-10)4-14(23)20-11/h1-5,7H,(H,18,19,21,23)/p+1. The molecule has 8 heteroatoms. The molecule has 3 aromatic rings. The quantitative estimate of drug-likeness (QED) is 0.525. The zero-order chi connectivity index (χ0) is 16.0. The SMILES string of the molecule is N#Cc1c[nH][n+]2c(Nc3ccc4c(c3)=CC(=O)N=4)cc(Cl)nc12. The van der Waals surface area contributed by atoms with E-state index in [4.69, 9.17) is 16.9 Å². The maximum absolute atomic E-state index is 11.3. The molecule has 0 fully saturated rings. The minimum Gasteiger partial charge on any atom is -0.271 e. The third-order valence-electron chi connectivity index (χ3n) is 3.43. The Morgan fingerprint density at radius 3 is 3.04 bits per heavy atom. The summed E-state index contributed by atoms with van der Waals surface area (Å²) in [5.41, 5.74) is 1.58. The summed E-state index contributed by atoms with van der Waals surface area (Å²) in [6.07, 6.45) is 3.03. The minimum absolute atomic E-state index is 0.260. The molecule has 3 heterocycles. The van der Waals surface area contributed by atoms with Crippen LogP contribution in [0.5, 0.6) is 0 Å². The van der Waals surface area contributed by atoms with Crippen LogP contribution in [0, 0.1) is 11.3 Å². The molecule has 0 bridgehead atoms. The fourth-order valence-electron chi connectivity index (χ4n) is 2.44. The van der Waals surface area contributed by atoms with Crippen LogP contribution in [0.4, 0.5) is 11.5 Å². The number of rotatable bonds is 2. The molecule has 1 amide bonds. The molecule has 110 valence electrons. The molecule has 0 atom stereocenters. The maximum atomic E-state index is 11.3. The van der Waals surface area contributed by atoms with E-state index in [2.05, 4.69) is 26.5 Å². The number of benzene rings is 1. The lowest BCUT2D eigenvalue weighted by Gasteiger charge is -2.02. The summed E-state index contributed by atoms with van der Waals surface area (Å²) in [6.45, 7) is 0. The zero-order valence-corrected chi connectivity index (χ0v) is 12.3. The Hall–Kier alpha value is -3.24. The van der Waals surface area contributed by atoms with Crippen molar-refractivity contribution in [3.8, 4) is 6.07 Å². The van der Waals surface area contributed by atoms with Crippen molar-refractivity contribution in [1.29, 1.82) is 5.26 Å². The van der Waals surface area contributed by atoms with Gasteiger partial charge in [0.05, 0.1) is 23.3 Å². The normalized spacial score (nSPS) is 12.4. The number of carbonyl (C=O) groups excluding carboxylic acids is 1. The van der Waals surface area contributed by atoms with Crippen molar-refractivity contribution in [1.82, 2.24) is 10.1 Å². The van der Waals surface area contributed by atoms with Gasteiger partial charge in [-0.05, 0) is 29.8 Å². The summed E-state index contributed by atoms with van der Waals surface area (Å²) in [4.78, 5) is 19.3. The van der Waals surface area contributed by atoms with E-state index in [1.54, 1.807) is 22.8 Å². The van der Waals surface area contributed by atoms with Gasteiger partial charge in [-0.25, -0.2) is 10.1 Å². The van der Waals surface area contributed by atoms with Crippen LogP contribution in [0.25, 0.3) is 11.7 Å². The molecule has 23 heavy (non-hydrogen) atoms. The molecule has 0 saturated heterocycles. The molecule has 7 nitrogen and oxygen atoms in total. The van der Waals surface area contributed by atoms with Gasteiger partial charge in [0, 0.05) is 11.3 Å². The summed E-state index contributed by atoms with van der Waals surface area (Å²) in [5, 5.41) is 16.9. The first-order valence-corrected chi connectivity index (χ1v) is 7.03. The zero-order valence-electron chi connectivity index (χ0n) is 11.5. The van der Waals surface area contributed by atoms with Crippen molar-refractivity contribution in [3.05, 3.63) is 51.8 Å². The van der Waals surface area contributed by atoms with Gasteiger partial charge in [-0.3, -0.25) is 10.1 Å². The number of amides is 1. The number of anilines is 2. The van der Waals surface area contributed by atoms with Gasteiger partial charge in [0.2, 0.25) is 5.15 Å². The Labute approximate surface area is 134 Å². The monoisotopic (exact) mass is 323 g/mol. The molecule has 0 aliphatic carbocycles. The van der Waals surface area contributed by atoms with Crippen LogP contribution in [0.1, 0.15) is 5.56 Å². The summed E-state index contributed by atoms with van der Waals surface area (Å²) in [7, 11) is 0. The Morgan fingerprint density at radius 1 is 1.35 bits per heavy atom. The average molecular weight is 324 g/mol. The first kappa shape index (κ1) is 13.4. The predicted molar refractivity (Wildman–Crippen MR) is 81.5 cm³/mol. The highest BCUT2D eigenvalue weighted by molar-refractivity contribution is 6.29. The van der Waals surface area contributed by atoms with Crippen LogP contribution in [-0.4, -0.2) is 16.0 Å². The van der Waals surface area contributed by atoms with Crippen LogP contribution in [0.2, 0.25) is 5.15 Å². The summed E-state index contributed by atoms with van der Waals surface area (Å²) >= 11 is 6.04. The van der Waals surface area contributed by atoms with E-state index in [0.717, 1.165) is 10.9 Å². The second-order valence-electron chi connectivity index (χ2n) is 4.92. The van der Waals surface area contributed by atoms with Gasteiger partial charge in [-0.2, -0.15) is 5.26 Å². The van der Waals surface area contributed by atoms with Crippen molar-refractivity contribution in [2.75, 3.05) is 5.32 Å². The number of halogens is 1. The first-order chi connectivity index (χ1) is 11.1. The molecule has 0 radical (unpaired) electrons. The van der Waals surface area contributed by atoms with Gasteiger partial charge in [0.25, 0.3) is 11.7 Å². The second-order valence-corrected chi connectivity index (χ2v) is 5.30. The molecule has 1 aromatic carbocycles. The smallest absolute Gasteiger partial charge is 0.271 e. The Balaban J connectivity index is 1.83. The van der Waals surface area contributed by atoms with E-state index in [0.29, 0.717) is 22.4 Å². The van der Waals surface area contributed by atoms with Crippen LogP contribution in [-0.2, 0) is 4.79 Å². The maximum Gasteiger partial charge on any atom is 0.306 e. The lowest BCUT2D eigenvalue weighted by molar-refractivity contribution is -0.563. The molecular weight excluding hydrogens is 316 g/mol. The number of aromatic nitrogens is 3. The number of fused-ring (bicyclic) bond motifs is 2. The third-order valence-corrected chi connectivity index (χ3v) is 3.62. The van der Waals surface area contributed by atoms with Gasteiger partial charge in [0.15, 0.2) is 0 Å². The largest absolute Gasteiger partial charge is 0.306 e. The molecule has 1 aliphatic heterocycles. The van der Waals surface area contributed by atoms with E-state index in [-0.39, 0.29) is 11.1 Å². The van der Waals surface area contributed by atoms with Crippen molar-refractivity contribution in [2.45, 2.75) is 0 Å². The van der Waals surface area contributed by atoms with Gasteiger partial charge in [-0.1, -0.05) is 4.98 Å². The highest BCUT2D eigenvalue weighted by Gasteiger charge is 2.18. The number of hydrogen-bond donors (Lipinski definition) is 2. The fraction of sp³-hybridized carbons (Fsp3) is 0. The minimum atomic E-state index is -0.260. The summed E-state index contributed by atoms with van der Waals surface area (Å²) in [6, 6.07) is 9.08. The Morgan fingerprint density at radius 2 is 2.22 bits per heavy atom. The van der Waals surface area contributed by atoms with E-state index in [1.165, 1.54) is 6.08 Å². The number of nitriles is 1. The topological polar surface area (TPSA) is 98.0 Å². The van der Waals surface area contributed by atoms with E-state index in [9.17, 15) is 4.79 Å². The lowest BCUT2D eigenvalue weighted by Crippen LogP contribution is -2.29. The van der Waals surface area contributed by atoms with Crippen molar-refractivity contribution >= 4 is 40.7 Å². The number of aromatic amines is 1. The number of H-pyrrole nitrogens is 1. The summed E-state index contributed by atoms with van der Waals surface area (Å²) in [5.74, 6) is 0.353. The molecular formula is C15H8ClN6O+. The van der Waals surface area contributed by atoms with Crippen molar-refractivity contribution < 1.29 is 9.31 Å². The Kier molecular flexibility index (Phi) is 2.86. The van der Waals surface area contributed by atoms with Gasteiger partial charge >= 0.3 is 5.65 Å². The number of nitrogens with zero attached hydrogens (tertiary/aromatic N) is 4. The highest BCUT2D eigenvalue weighted by Crippen LogP contribution is 2.16. The highest BCUT2D eigenvalue weighted by atomic mass is 35.5. The van der Waals surface area contributed by atoms with Gasteiger partial charge in [0.1, 0.15) is 11.6 Å². The van der Waals surface area contributed by atoms with Crippen LogP contribution in [0.15, 0.2) is 35.5 Å². The molecule has 0 saturated carbocycles. The van der Waals surface area contributed by atoms with Crippen LogP contribution in [0.3, 0.4) is 0 Å². The Bertz CT molecular complexity index is 1140. The lowest BCUT2D eigenvalue weighted by atomic mass is 10.2. The predicted octanol–water partition coefficient (Wildman–Crippen LogP) is 0.357. The van der Waals surface area contributed by atoms with E-state index >= 15 is 0 Å². The number of hydrogen-bond acceptors (Lipinski definition) is 4. The second kappa shape index (κ2) is 4.90. The summed E-state index contributed by atoms with van der Waals surface area (Å²) < 4.78 is 1.62. The molecule has 4 rings (SSSR count). The molecule has 0 spiro atoms. The van der Waals surface area contributed by atoms with Crippen LogP contribution < -0.4 is 20.4 Å². The van der Waals surface area contributed by atoms with Crippen molar-refractivity contribution in [2.24, 2.45) is 4.99 Å². The van der Waals surface area contributed by atoms with E-state index in [1.807, 2.05) is 12.1 Å². The molecule has 1 aliphatic rings. The van der Waals surface area contributed by atoms with Gasteiger partial charge < -0.3 is 0 Å². The molecule has 2 N–H and O–H groups in total. The van der Waals surface area contributed by atoms with Gasteiger partial charge in [-0.15, -0.1) is 4.52 Å². The third kappa shape index (κ3) is 2.22. The van der Waals surface area contributed by atoms with Crippen LogP contribution >= 0.6 is 11.6 Å². The fourth-order valence-corrected chi connectivity index (χ4v) is 2.62. The van der Waals surface area contributed by atoms with Crippen molar-refractivity contribution in [3.63, 3.8) is 0 Å². The molecule has 2 aromatic heterocycles. The first-order valence-electron chi connectivity index (χ1n) is 6.65. The number of nitrogens with one attached hydrogen (secondary N) is 2. The molecule has 0 unspecified atom stereocenters. The average Bonchev–Trinajstić information content (AvgIpc) is 3.08. The number of carbonyl (C=O) groups is 1.